The molecular weight excluding hydrogens is 282 g/mol. The molecule has 0 bridgehead atoms. The number of nitrogens with zero attached hydrogens (tertiary/aromatic N) is 1. The molecule has 7 nitrogen and oxygen atoms in total. The Morgan fingerprint density at radius 1 is 1.25 bits per heavy atom. The van der Waals surface area contributed by atoms with Gasteiger partial charge in [-0.25, -0.2) is 13.1 Å². The summed E-state index contributed by atoms with van der Waals surface area (Å²) < 4.78 is 36.4. The topological polar surface area (TPSA) is 107 Å². The first-order valence-corrected chi connectivity index (χ1v) is 7.42. The molecule has 108 valence electrons. The molecule has 0 aliphatic carbocycles. The molecular formula is C12H15N3O4S. The van der Waals surface area contributed by atoms with E-state index in [4.69, 9.17) is 10.5 Å². The van der Waals surface area contributed by atoms with Crippen LogP contribution in [0.4, 0.5) is 0 Å². The van der Waals surface area contributed by atoms with Crippen molar-refractivity contribution in [1.29, 1.82) is 0 Å². The zero-order chi connectivity index (χ0) is 14.4. The first kappa shape index (κ1) is 14.5. The third-order valence-electron chi connectivity index (χ3n) is 2.46. The van der Waals surface area contributed by atoms with Gasteiger partial charge in [-0.1, -0.05) is 5.16 Å². The van der Waals surface area contributed by atoms with E-state index >= 15 is 0 Å². The zero-order valence-corrected chi connectivity index (χ0v) is 11.5. The number of ether oxygens (including phenoxy) is 1. The predicted octanol–water partition coefficient (Wildman–Crippen LogP) is 0.491. The lowest BCUT2D eigenvalue weighted by atomic mass is 10.3. The zero-order valence-electron chi connectivity index (χ0n) is 10.7. The number of nitrogens with two attached hydrogens (primary N) is 1. The summed E-state index contributed by atoms with van der Waals surface area (Å²) in [5.41, 5.74) is 5.83. The van der Waals surface area contributed by atoms with Gasteiger partial charge in [-0.2, -0.15) is 0 Å². The van der Waals surface area contributed by atoms with Crippen molar-refractivity contribution in [2.24, 2.45) is 5.73 Å². The molecule has 2 aromatic rings. The number of hydrogen-bond acceptors (Lipinski definition) is 6. The standard InChI is InChI=1S/C12H15N3O4S/c13-6-8-18-11-1-3-12(4-2-11)20(16,17)14-9-10-5-7-19-15-10/h1-5,7,14H,6,8-9,13H2. The van der Waals surface area contributed by atoms with Gasteiger partial charge in [0.05, 0.1) is 17.1 Å². The minimum absolute atomic E-state index is 0.0737. The monoisotopic (exact) mass is 297 g/mol. The van der Waals surface area contributed by atoms with E-state index < -0.39 is 10.0 Å². The third-order valence-corrected chi connectivity index (χ3v) is 3.87. The van der Waals surface area contributed by atoms with E-state index in [9.17, 15) is 8.42 Å². The largest absolute Gasteiger partial charge is 0.492 e. The summed E-state index contributed by atoms with van der Waals surface area (Å²) in [5, 5.41) is 3.63. The Kier molecular flexibility index (Phi) is 4.72. The van der Waals surface area contributed by atoms with Crippen LogP contribution in [0.3, 0.4) is 0 Å². The minimum atomic E-state index is -3.59. The van der Waals surface area contributed by atoms with Crippen molar-refractivity contribution in [3.63, 3.8) is 0 Å². The fraction of sp³-hybridized carbons (Fsp3) is 0.250. The summed E-state index contributed by atoms with van der Waals surface area (Å²) in [6.45, 7) is 0.861. The highest BCUT2D eigenvalue weighted by Gasteiger charge is 2.14. The second kappa shape index (κ2) is 6.51. The second-order valence-corrected chi connectivity index (χ2v) is 5.69. The smallest absolute Gasteiger partial charge is 0.240 e. The van der Waals surface area contributed by atoms with E-state index in [0.29, 0.717) is 24.6 Å². The van der Waals surface area contributed by atoms with Crippen molar-refractivity contribution in [1.82, 2.24) is 9.88 Å². The summed E-state index contributed by atoms with van der Waals surface area (Å²) in [7, 11) is -3.59. The fourth-order valence-corrected chi connectivity index (χ4v) is 2.47. The Balaban J connectivity index is 2.01. The normalized spacial score (nSPS) is 11.4. The van der Waals surface area contributed by atoms with Crippen molar-refractivity contribution in [3.05, 3.63) is 42.3 Å². The van der Waals surface area contributed by atoms with E-state index in [0.717, 1.165) is 0 Å². The molecule has 8 heteroatoms. The lowest BCUT2D eigenvalue weighted by Crippen LogP contribution is -2.23. The van der Waals surface area contributed by atoms with Crippen LogP contribution < -0.4 is 15.2 Å². The Bertz CT molecular complexity index is 623. The van der Waals surface area contributed by atoms with Gasteiger partial charge in [-0.05, 0) is 24.3 Å². The van der Waals surface area contributed by atoms with Gasteiger partial charge in [0.2, 0.25) is 10.0 Å². The van der Waals surface area contributed by atoms with Crippen LogP contribution >= 0.6 is 0 Å². The summed E-state index contributed by atoms with van der Waals surface area (Å²) >= 11 is 0. The van der Waals surface area contributed by atoms with Gasteiger partial charge in [0.15, 0.2) is 0 Å². The maximum absolute atomic E-state index is 12.0. The van der Waals surface area contributed by atoms with Crippen LogP contribution in [0.15, 0.2) is 46.0 Å². The van der Waals surface area contributed by atoms with Crippen molar-refractivity contribution < 1.29 is 17.7 Å². The average molecular weight is 297 g/mol. The Morgan fingerprint density at radius 2 is 2.00 bits per heavy atom. The fourth-order valence-electron chi connectivity index (χ4n) is 1.47. The lowest BCUT2D eigenvalue weighted by molar-refractivity contribution is 0.328. The SMILES string of the molecule is NCCOc1ccc(S(=O)(=O)NCc2ccon2)cc1. The molecule has 0 amide bonds. The number of hydrogen-bond donors (Lipinski definition) is 2. The molecule has 0 unspecified atom stereocenters. The summed E-state index contributed by atoms with van der Waals surface area (Å²) in [4.78, 5) is 0.154. The van der Waals surface area contributed by atoms with E-state index in [1.54, 1.807) is 18.2 Å². The van der Waals surface area contributed by atoms with Crippen molar-refractivity contribution in [2.75, 3.05) is 13.2 Å². The molecule has 0 spiro atoms. The maximum atomic E-state index is 12.0. The van der Waals surface area contributed by atoms with Gasteiger partial charge in [-0.3, -0.25) is 0 Å². The number of aromatic nitrogens is 1. The Hall–Kier alpha value is -1.90. The van der Waals surface area contributed by atoms with Crippen LogP contribution in [-0.4, -0.2) is 26.7 Å². The molecule has 0 radical (unpaired) electrons. The molecule has 1 aromatic carbocycles. The molecule has 20 heavy (non-hydrogen) atoms. The summed E-state index contributed by atoms with van der Waals surface area (Å²) in [5.74, 6) is 0.575. The lowest BCUT2D eigenvalue weighted by Gasteiger charge is -2.07. The number of benzene rings is 1. The van der Waals surface area contributed by atoms with Crippen molar-refractivity contribution >= 4 is 10.0 Å². The van der Waals surface area contributed by atoms with Gasteiger partial charge < -0.3 is 15.0 Å². The molecule has 0 atom stereocenters. The van der Waals surface area contributed by atoms with Crippen molar-refractivity contribution in [3.8, 4) is 5.75 Å². The highest BCUT2D eigenvalue weighted by Crippen LogP contribution is 2.16. The Morgan fingerprint density at radius 3 is 2.60 bits per heavy atom. The van der Waals surface area contributed by atoms with Gasteiger partial charge >= 0.3 is 0 Å². The number of sulfonamides is 1. The molecule has 3 N–H and O–H groups in total. The highest BCUT2D eigenvalue weighted by molar-refractivity contribution is 7.89. The predicted molar refractivity (Wildman–Crippen MR) is 71.5 cm³/mol. The number of rotatable bonds is 7. The van der Waals surface area contributed by atoms with Gasteiger partial charge in [0.1, 0.15) is 18.6 Å². The Labute approximate surface area is 116 Å². The molecule has 0 fully saturated rings. The van der Waals surface area contributed by atoms with Crippen LogP contribution in [0.1, 0.15) is 5.69 Å². The second-order valence-electron chi connectivity index (χ2n) is 3.92. The molecule has 1 heterocycles. The van der Waals surface area contributed by atoms with E-state index in [2.05, 4.69) is 14.4 Å². The summed E-state index contributed by atoms with van der Waals surface area (Å²) in [6.07, 6.45) is 1.38. The maximum Gasteiger partial charge on any atom is 0.240 e. The van der Waals surface area contributed by atoms with Crippen LogP contribution in [0, 0.1) is 0 Å². The van der Waals surface area contributed by atoms with E-state index in [1.165, 1.54) is 18.4 Å². The number of nitrogens with one attached hydrogen (secondary N) is 1. The first-order valence-electron chi connectivity index (χ1n) is 5.93. The molecule has 0 saturated heterocycles. The quantitative estimate of drug-likeness (QED) is 0.770. The first-order chi connectivity index (χ1) is 9.62. The van der Waals surface area contributed by atoms with E-state index in [1.807, 2.05) is 0 Å². The third kappa shape index (κ3) is 3.80. The molecule has 2 rings (SSSR count). The van der Waals surface area contributed by atoms with Crippen molar-refractivity contribution in [2.45, 2.75) is 11.4 Å². The molecule has 1 aromatic heterocycles. The minimum Gasteiger partial charge on any atom is -0.492 e. The van der Waals surface area contributed by atoms with Gasteiger partial charge in [-0.15, -0.1) is 0 Å². The average Bonchev–Trinajstić information content (AvgIpc) is 2.97. The van der Waals surface area contributed by atoms with Crippen LogP contribution in [0.2, 0.25) is 0 Å². The molecule has 0 aliphatic heterocycles. The molecule has 0 saturated carbocycles. The van der Waals surface area contributed by atoms with Crippen LogP contribution in [0.25, 0.3) is 0 Å². The van der Waals surface area contributed by atoms with Crippen LogP contribution in [-0.2, 0) is 16.6 Å². The molecule has 0 aliphatic rings. The summed E-state index contributed by atoms with van der Waals surface area (Å²) in [6, 6.07) is 7.70. The van der Waals surface area contributed by atoms with Gasteiger partial charge in [0, 0.05) is 12.6 Å². The van der Waals surface area contributed by atoms with E-state index in [-0.39, 0.29) is 11.4 Å². The highest BCUT2D eigenvalue weighted by atomic mass is 32.2. The van der Waals surface area contributed by atoms with Gasteiger partial charge in [0.25, 0.3) is 0 Å². The van der Waals surface area contributed by atoms with Crippen LogP contribution in [0.5, 0.6) is 5.75 Å².